The number of hydrogen-bond donors (Lipinski definition) is 0. The van der Waals surface area contributed by atoms with Crippen molar-refractivity contribution in [1.82, 2.24) is 19.5 Å². The largest absolute Gasteiger partial charge is 0.456 e. The van der Waals surface area contributed by atoms with Gasteiger partial charge in [0.15, 0.2) is 17.5 Å². The van der Waals surface area contributed by atoms with Crippen LogP contribution in [0.4, 0.5) is 0 Å². The first-order valence-corrected chi connectivity index (χ1v) is 16.1. The summed E-state index contributed by atoms with van der Waals surface area (Å²) in [5.41, 5.74) is 5.70. The molecule has 0 aliphatic heterocycles. The van der Waals surface area contributed by atoms with E-state index in [1.54, 1.807) is 16.7 Å². The minimum Gasteiger partial charge on any atom is -0.456 e. The summed E-state index contributed by atoms with van der Waals surface area (Å²) < 4.78 is 69.8. The van der Waals surface area contributed by atoms with E-state index in [-0.39, 0.29) is 46.5 Å². The van der Waals surface area contributed by atoms with Crippen molar-refractivity contribution < 1.29 is 14.0 Å². The van der Waals surface area contributed by atoms with Gasteiger partial charge < -0.3 is 8.98 Å². The summed E-state index contributed by atoms with van der Waals surface area (Å²) in [4.78, 5) is 14.7. The zero-order valence-electron chi connectivity index (χ0n) is 33.3. The van der Waals surface area contributed by atoms with Crippen LogP contribution in [-0.2, 0) is 0 Å². The average Bonchev–Trinajstić information content (AvgIpc) is 3.81. The lowest BCUT2D eigenvalue weighted by molar-refractivity contribution is 0.669. The topological polar surface area (TPSA) is 56.7 Å². The van der Waals surface area contributed by atoms with E-state index in [9.17, 15) is 1.37 Å². The van der Waals surface area contributed by atoms with Gasteiger partial charge in [-0.2, -0.15) is 0 Å². The standard InChI is InChI=1S/C45H28N4O/c1-3-12-30(13-4-1)43-46-44(48-45(47-43)32-26-27-37-36-17-8-10-21-40(36)50-41(37)28-32)31-24-22-29(23-25-31)34-18-11-19-38-35-16-7-9-20-39(35)49(42(34)38)33-14-5-2-6-15-33/h1-28H/i7D,9D,11D,16D,18D,19D,20D. The van der Waals surface area contributed by atoms with Crippen molar-refractivity contribution in [3.8, 4) is 51.0 Å². The molecule has 5 heteroatoms. The highest BCUT2D eigenvalue weighted by molar-refractivity contribution is 6.13. The third-order valence-corrected chi connectivity index (χ3v) is 8.96. The Balaban J connectivity index is 1.18. The molecular weight excluding hydrogens is 613 g/mol. The summed E-state index contributed by atoms with van der Waals surface area (Å²) in [7, 11) is 0. The van der Waals surface area contributed by atoms with Gasteiger partial charge in [0.25, 0.3) is 0 Å². The van der Waals surface area contributed by atoms with Gasteiger partial charge in [-0.25, -0.2) is 15.0 Å². The van der Waals surface area contributed by atoms with Crippen LogP contribution in [-0.4, -0.2) is 19.5 Å². The van der Waals surface area contributed by atoms with E-state index in [4.69, 9.17) is 27.6 Å². The van der Waals surface area contributed by atoms with Crippen molar-refractivity contribution in [2.45, 2.75) is 0 Å². The summed E-state index contributed by atoms with van der Waals surface area (Å²) in [6.45, 7) is 0. The van der Waals surface area contributed by atoms with E-state index in [1.807, 2.05) is 115 Å². The number of nitrogens with zero attached hydrogens (tertiary/aromatic N) is 4. The number of hydrogen-bond acceptors (Lipinski definition) is 4. The highest BCUT2D eigenvalue weighted by atomic mass is 16.3. The van der Waals surface area contributed by atoms with Gasteiger partial charge in [-0.3, -0.25) is 0 Å². The van der Waals surface area contributed by atoms with Crippen molar-refractivity contribution in [1.29, 1.82) is 0 Å². The molecule has 0 bridgehead atoms. The molecule has 7 aromatic carbocycles. The van der Waals surface area contributed by atoms with Crippen LogP contribution in [0.3, 0.4) is 0 Å². The maximum Gasteiger partial charge on any atom is 0.164 e. The molecule has 5 nitrogen and oxygen atoms in total. The van der Waals surface area contributed by atoms with Crippen molar-refractivity contribution in [3.63, 3.8) is 0 Å². The van der Waals surface area contributed by atoms with Gasteiger partial charge in [-0.1, -0.05) is 133 Å². The predicted octanol–water partition coefficient (Wildman–Crippen LogP) is 11.5. The molecular formula is C45H28N4O. The van der Waals surface area contributed by atoms with Crippen LogP contribution in [0.5, 0.6) is 0 Å². The number of aromatic nitrogens is 4. The van der Waals surface area contributed by atoms with Crippen LogP contribution >= 0.6 is 0 Å². The van der Waals surface area contributed by atoms with Gasteiger partial charge >= 0.3 is 0 Å². The Morgan fingerprint density at radius 1 is 0.460 bits per heavy atom. The van der Waals surface area contributed by atoms with E-state index < -0.39 is 12.1 Å². The van der Waals surface area contributed by atoms with E-state index in [0.29, 0.717) is 51.0 Å². The van der Waals surface area contributed by atoms with Gasteiger partial charge in [-0.05, 0) is 41.9 Å². The van der Waals surface area contributed by atoms with Crippen molar-refractivity contribution >= 4 is 43.7 Å². The zero-order chi connectivity index (χ0) is 39.1. The lowest BCUT2D eigenvalue weighted by atomic mass is 10.0. The first kappa shape index (κ1) is 21.9. The van der Waals surface area contributed by atoms with Crippen LogP contribution in [0, 0.1) is 0 Å². The van der Waals surface area contributed by atoms with E-state index >= 15 is 0 Å². The van der Waals surface area contributed by atoms with E-state index in [0.717, 1.165) is 27.5 Å². The molecule has 3 aromatic heterocycles. The number of furan rings is 1. The van der Waals surface area contributed by atoms with Gasteiger partial charge in [-0.15, -0.1) is 0 Å². The Bertz CT molecular complexity index is 3260. The maximum absolute atomic E-state index is 9.21. The second-order valence-electron chi connectivity index (χ2n) is 11.9. The van der Waals surface area contributed by atoms with E-state index in [1.165, 1.54) is 0 Å². The van der Waals surface area contributed by atoms with E-state index in [2.05, 4.69) is 0 Å². The summed E-state index contributed by atoms with van der Waals surface area (Å²) in [5, 5.41) is 2.32. The fourth-order valence-corrected chi connectivity index (χ4v) is 6.62. The SMILES string of the molecule is [2H]c1c([2H])c([2H])c2c(c1[2H])c1c([2H])c([2H])c([2H])c(-c3ccc(-c4nc(-c5ccccc5)nc(-c5ccc6c(c5)oc5ccccc56)n4)cc3)c1n2-c1ccccc1. The molecule has 0 saturated carbocycles. The molecule has 0 fully saturated rings. The fraction of sp³-hybridized carbons (Fsp3) is 0. The zero-order valence-corrected chi connectivity index (χ0v) is 26.3. The van der Waals surface area contributed by atoms with Gasteiger partial charge in [0.1, 0.15) is 11.2 Å². The lowest BCUT2D eigenvalue weighted by Crippen LogP contribution is -2.00. The first-order valence-electron chi connectivity index (χ1n) is 19.6. The smallest absolute Gasteiger partial charge is 0.164 e. The quantitative estimate of drug-likeness (QED) is 0.186. The Hall–Kier alpha value is -6.85. The second kappa shape index (κ2) is 11.4. The Labute approximate surface area is 297 Å². The summed E-state index contributed by atoms with van der Waals surface area (Å²) in [6, 6.07) is 37.6. The molecule has 0 saturated heterocycles. The molecule has 0 aliphatic carbocycles. The molecule has 0 N–H and O–H groups in total. The highest BCUT2D eigenvalue weighted by Gasteiger charge is 2.18. The number of para-hydroxylation sites is 4. The van der Waals surface area contributed by atoms with Crippen LogP contribution in [0.15, 0.2) is 174 Å². The highest BCUT2D eigenvalue weighted by Crippen LogP contribution is 2.39. The van der Waals surface area contributed by atoms with Crippen molar-refractivity contribution in [2.75, 3.05) is 0 Å². The molecule has 0 spiro atoms. The van der Waals surface area contributed by atoms with Crippen molar-refractivity contribution in [3.05, 3.63) is 170 Å². The van der Waals surface area contributed by atoms with Crippen LogP contribution in [0.25, 0.3) is 94.7 Å². The molecule has 234 valence electrons. The van der Waals surface area contributed by atoms with Gasteiger partial charge in [0.2, 0.25) is 0 Å². The summed E-state index contributed by atoms with van der Waals surface area (Å²) >= 11 is 0. The predicted molar refractivity (Wildman–Crippen MR) is 203 cm³/mol. The van der Waals surface area contributed by atoms with Gasteiger partial charge in [0, 0.05) is 49.5 Å². The van der Waals surface area contributed by atoms with Crippen LogP contribution in [0.1, 0.15) is 9.60 Å². The Morgan fingerprint density at radius 2 is 1.06 bits per heavy atom. The maximum atomic E-state index is 9.21. The molecule has 0 radical (unpaired) electrons. The fourth-order valence-electron chi connectivity index (χ4n) is 6.62. The molecule has 0 aliphatic rings. The number of rotatable bonds is 5. The third-order valence-electron chi connectivity index (χ3n) is 8.96. The number of benzene rings is 7. The molecule has 10 rings (SSSR count). The minimum atomic E-state index is -0.435. The summed E-state index contributed by atoms with van der Waals surface area (Å²) in [5.74, 6) is 1.35. The second-order valence-corrected chi connectivity index (χ2v) is 11.9. The average molecular weight is 648 g/mol. The first-order chi connectivity index (χ1) is 27.7. The van der Waals surface area contributed by atoms with Crippen LogP contribution < -0.4 is 0 Å². The Morgan fingerprint density at radius 3 is 1.86 bits per heavy atom. The molecule has 0 atom stereocenters. The minimum absolute atomic E-state index is 0.128. The monoisotopic (exact) mass is 647 g/mol. The molecule has 0 amide bonds. The molecule has 10 aromatic rings. The Kier molecular flexibility index (Phi) is 4.99. The molecule has 50 heavy (non-hydrogen) atoms. The van der Waals surface area contributed by atoms with Crippen molar-refractivity contribution in [2.24, 2.45) is 0 Å². The van der Waals surface area contributed by atoms with Crippen LogP contribution in [0.2, 0.25) is 0 Å². The lowest BCUT2D eigenvalue weighted by Gasteiger charge is -2.12. The third kappa shape index (κ3) is 4.60. The summed E-state index contributed by atoms with van der Waals surface area (Å²) in [6.07, 6.45) is 0. The normalized spacial score (nSPS) is 13.6. The molecule has 3 heterocycles. The number of fused-ring (bicyclic) bond motifs is 6. The molecule has 0 unspecified atom stereocenters. The van der Waals surface area contributed by atoms with Gasteiger partial charge in [0.05, 0.1) is 20.6 Å².